The average Bonchev–Trinajstić information content (AvgIpc) is 2.17. The largest absolute Gasteiger partial charge is 0.466 e. The number of rotatable bonds is 4. The molecule has 5 nitrogen and oxygen atoms in total. The Labute approximate surface area is 110 Å². The van der Waals surface area contributed by atoms with E-state index in [0.717, 1.165) is 6.42 Å². The molecule has 0 aromatic carbocycles. The monoisotopic (exact) mass is 264 g/mol. The third kappa shape index (κ3) is 46.1. The van der Waals surface area contributed by atoms with Crippen LogP contribution in [0, 0.1) is 5.92 Å². The van der Waals surface area contributed by atoms with Gasteiger partial charge in [0.05, 0.1) is 13.2 Å². The fourth-order valence-corrected chi connectivity index (χ4v) is 0.642. The number of hydrogen-bond donors (Lipinski definition) is 1. The van der Waals surface area contributed by atoms with E-state index in [1.54, 1.807) is 13.8 Å². The quantitative estimate of drug-likeness (QED) is 0.788. The van der Waals surface area contributed by atoms with Crippen molar-refractivity contribution in [1.82, 2.24) is 0 Å². The van der Waals surface area contributed by atoms with Gasteiger partial charge in [0.1, 0.15) is 0 Å². The molecule has 0 saturated carbocycles. The van der Waals surface area contributed by atoms with Crippen molar-refractivity contribution in [2.24, 2.45) is 5.92 Å². The Morgan fingerprint density at radius 2 is 1.44 bits per heavy atom. The summed E-state index contributed by atoms with van der Waals surface area (Å²) >= 11 is 0. The van der Waals surface area contributed by atoms with Gasteiger partial charge in [-0.3, -0.25) is 9.59 Å². The maximum absolute atomic E-state index is 10.2. The van der Waals surface area contributed by atoms with Gasteiger partial charge in [-0.25, -0.2) is 0 Å². The van der Waals surface area contributed by atoms with Crippen molar-refractivity contribution in [3.63, 3.8) is 0 Å². The molecule has 0 heterocycles. The summed E-state index contributed by atoms with van der Waals surface area (Å²) in [6.45, 7) is 11.8. The second kappa shape index (κ2) is 18.3. The fourth-order valence-electron chi connectivity index (χ4n) is 0.642. The molecule has 0 unspecified atom stereocenters. The molecule has 0 fully saturated rings. The molecule has 0 aliphatic carbocycles. The van der Waals surface area contributed by atoms with Crippen molar-refractivity contribution in [1.29, 1.82) is 0 Å². The molecule has 0 aliphatic heterocycles. The van der Waals surface area contributed by atoms with Crippen molar-refractivity contribution in [3.05, 3.63) is 0 Å². The molecule has 0 aromatic heterocycles. The standard InChI is InChI=1S/C7H14O2.C4H8O2.C2H6O/c1-6(2)4-5-9-7(3)8;1-3-6-4(2)5;1-2-3/h6H,4-5H2,1-3H3;3H2,1-2H3;3H,2H2,1H3. The third-order valence-electron chi connectivity index (χ3n) is 1.35. The van der Waals surface area contributed by atoms with Crippen molar-refractivity contribution >= 4 is 11.9 Å². The maximum Gasteiger partial charge on any atom is 0.302 e. The molecule has 0 atom stereocenters. The highest BCUT2D eigenvalue weighted by atomic mass is 16.5. The van der Waals surface area contributed by atoms with Gasteiger partial charge in [-0.1, -0.05) is 13.8 Å². The molecule has 0 rings (SSSR count). The minimum Gasteiger partial charge on any atom is -0.466 e. The van der Waals surface area contributed by atoms with Gasteiger partial charge < -0.3 is 14.6 Å². The van der Waals surface area contributed by atoms with Crippen LogP contribution in [-0.4, -0.2) is 36.9 Å². The normalized spacial score (nSPS) is 8.44. The number of esters is 2. The van der Waals surface area contributed by atoms with E-state index in [0.29, 0.717) is 19.1 Å². The summed E-state index contributed by atoms with van der Waals surface area (Å²) in [7, 11) is 0. The molecule has 5 heteroatoms. The van der Waals surface area contributed by atoms with Gasteiger partial charge in [-0.15, -0.1) is 0 Å². The van der Waals surface area contributed by atoms with E-state index in [4.69, 9.17) is 9.84 Å². The summed E-state index contributed by atoms with van der Waals surface area (Å²) in [5, 5.41) is 7.57. The van der Waals surface area contributed by atoms with Crippen LogP contribution in [0.15, 0.2) is 0 Å². The first-order chi connectivity index (χ1) is 8.31. The van der Waals surface area contributed by atoms with E-state index in [1.807, 2.05) is 0 Å². The first kappa shape index (κ1) is 22.1. The Kier molecular flexibility index (Phi) is 22.4. The van der Waals surface area contributed by atoms with E-state index < -0.39 is 0 Å². The molecular formula is C13H28O5. The minimum absolute atomic E-state index is 0.185. The molecule has 0 saturated heterocycles. The van der Waals surface area contributed by atoms with Crippen LogP contribution < -0.4 is 0 Å². The zero-order valence-corrected chi connectivity index (χ0v) is 12.5. The van der Waals surface area contributed by atoms with Crippen molar-refractivity contribution in [3.8, 4) is 0 Å². The van der Waals surface area contributed by atoms with E-state index in [-0.39, 0.29) is 18.5 Å². The summed E-state index contributed by atoms with van der Waals surface area (Å²) < 4.78 is 9.12. The predicted molar refractivity (Wildman–Crippen MR) is 71.2 cm³/mol. The highest BCUT2D eigenvalue weighted by Crippen LogP contribution is 1.98. The molecule has 0 aromatic rings. The Morgan fingerprint density at radius 3 is 1.61 bits per heavy atom. The van der Waals surface area contributed by atoms with E-state index >= 15 is 0 Å². The first-order valence-corrected chi connectivity index (χ1v) is 6.19. The van der Waals surface area contributed by atoms with Crippen LogP contribution in [0.4, 0.5) is 0 Å². The maximum atomic E-state index is 10.2. The molecule has 0 spiro atoms. The smallest absolute Gasteiger partial charge is 0.302 e. The zero-order chi connectivity index (χ0) is 15.0. The lowest BCUT2D eigenvalue weighted by molar-refractivity contribution is -0.141. The number of ether oxygens (including phenoxy) is 2. The highest BCUT2D eigenvalue weighted by Gasteiger charge is 1.94. The molecule has 110 valence electrons. The molecule has 18 heavy (non-hydrogen) atoms. The Bertz CT molecular complexity index is 190. The van der Waals surface area contributed by atoms with E-state index in [2.05, 4.69) is 18.6 Å². The summed E-state index contributed by atoms with van der Waals surface area (Å²) in [5.74, 6) is 0.220. The Hall–Kier alpha value is -1.10. The lowest BCUT2D eigenvalue weighted by Gasteiger charge is -2.02. The summed E-state index contributed by atoms with van der Waals surface area (Å²) in [6.07, 6.45) is 0.958. The average molecular weight is 264 g/mol. The molecular weight excluding hydrogens is 236 g/mol. The van der Waals surface area contributed by atoms with Gasteiger partial charge >= 0.3 is 11.9 Å². The Balaban J connectivity index is -0.000000216. The molecule has 0 aliphatic rings. The van der Waals surface area contributed by atoms with Crippen LogP contribution in [0.25, 0.3) is 0 Å². The number of carbonyl (C=O) groups is 2. The number of hydrogen-bond acceptors (Lipinski definition) is 5. The lowest BCUT2D eigenvalue weighted by Crippen LogP contribution is -2.02. The molecule has 1 N–H and O–H groups in total. The van der Waals surface area contributed by atoms with E-state index in [1.165, 1.54) is 13.8 Å². The highest BCUT2D eigenvalue weighted by molar-refractivity contribution is 5.66. The van der Waals surface area contributed by atoms with Crippen LogP contribution in [0.3, 0.4) is 0 Å². The van der Waals surface area contributed by atoms with E-state index in [9.17, 15) is 9.59 Å². The number of aliphatic hydroxyl groups is 1. The minimum atomic E-state index is -0.211. The van der Waals surface area contributed by atoms with Gasteiger partial charge in [-0.2, -0.15) is 0 Å². The second-order valence-electron chi connectivity index (χ2n) is 3.76. The van der Waals surface area contributed by atoms with Crippen molar-refractivity contribution in [2.45, 2.75) is 48.0 Å². The fraction of sp³-hybridized carbons (Fsp3) is 0.846. The van der Waals surface area contributed by atoms with Crippen molar-refractivity contribution in [2.75, 3.05) is 19.8 Å². The van der Waals surface area contributed by atoms with Gasteiger partial charge in [0.25, 0.3) is 0 Å². The topological polar surface area (TPSA) is 72.8 Å². The van der Waals surface area contributed by atoms with Crippen LogP contribution in [0.1, 0.15) is 48.0 Å². The first-order valence-electron chi connectivity index (χ1n) is 6.19. The van der Waals surface area contributed by atoms with Crippen LogP contribution >= 0.6 is 0 Å². The van der Waals surface area contributed by atoms with Gasteiger partial charge in [0, 0.05) is 20.5 Å². The molecule has 0 amide bonds. The summed E-state index contributed by atoms with van der Waals surface area (Å²) in [4.78, 5) is 20.0. The number of aliphatic hydroxyl groups excluding tert-OH is 1. The molecule has 0 bridgehead atoms. The SMILES string of the molecule is CC(=O)OCCC(C)C.CCO.CCOC(C)=O. The van der Waals surface area contributed by atoms with Crippen LogP contribution in [0.2, 0.25) is 0 Å². The van der Waals surface area contributed by atoms with Gasteiger partial charge in [0.15, 0.2) is 0 Å². The van der Waals surface area contributed by atoms with Gasteiger partial charge in [-0.05, 0) is 26.2 Å². The van der Waals surface area contributed by atoms with Gasteiger partial charge in [0.2, 0.25) is 0 Å². The Morgan fingerprint density at radius 1 is 1.06 bits per heavy atom. The summed E-state index contributed by atoms with van der Waals surface area (Å²) in [5.41, 5.74) is 0. The second-order valence-corrected chi connectivity index (χ2v) is 3.76. The number of carbonyl (C=O) groups excluding carboxylic acids is 2. The zero-order valence-electron chi connectivity index (χ0n) is 12.5. The summed E-state index contributed by atoms with van der Waals surface area (Å²) in [6, 6.07) is 0. The third-order valence-corrected chi connectivity index (χ3v) is 1.35. The molecule has 0 radical (unpaired) electrons. The van der Waals surface area contributed by atoms with Crippen molar-refractivity contribution < 1.29 is 24.2 Å². The van der Waals surface area contributed by atoms with Crippen LogP contribution in [-0.2, 0) is 19.1 Å². The lowest BCUT2D eigenvalue weighted by atomic mass is 10.1. The predicted octanol–water partition coefficient (Wildman–Crippen LogP) is 2.16. The van der Waals surface area contributed by atoms with Crippen LogP contribution in [0.5, 0.6) is 0 Å².